The summed E-state index contributed by atoms with van der Waals surface area (Å²) in [5.41, 5.74) is -0.624. The Morgan fingerprint density at radius 1 is 1.35 bits per heavy atom. The number of hydrogen-bond donors (Lipinski definition) is 1. The van der Waals surface area contributed by atoms with Crippen LogP contribution >= 0.6 is 0 Å². The molecule has 2 saturated heterocycles. The van der Waals surface area contributed by atoms with Crippen molar-refractivity contribution in [1.82, 2.24) is 19.9 Å². The molecule has 1 aliphatic carbocycles. The molecular weight excluding hydrogens is 296 g/mol. The Bertz CT molecular complexity index is 598. The van der Waals surface area contributed by atoms with Crippen molar-refractivity contribution in [2.75, 3.05) is 26.2 Å². The van der Waals surface area contributed by atoms with Crippen LogP contribution in [-0.4, -0.2) is 63.2 Å². The van der Waals surface area contributed by atoms with Crippen LogP contribution in [0.2, 0.25) is 0 Å². The van der Waals surface area contributed by atoms with Gasteiger partial charge in [0.1, 0.15) is 0 Å². The SMILES string of the molecule is Cc1nc(CN2C[C@H]3CN(C4CCCC4)C[C@@]3(C(=O)O)C2)no1. The topological polar surface area (TPSA) is 82.7 Å². The van der Waals surface area contributed by atoms with Gasteiger partial charge < -0.3 is 9.63 Å². The number of carboxylic acids is 1. The van der Waals surface area contributed by atoms with Crippen molar-refractivity contribution in [2.24, 2.45) is 11.3 Å². The van der Waals surface area contributed by atoms with Gasteiger partial charge in [0, 0.05) is 45.1 Å². The maximum atomic E-state index is 12.1. The number of aliphatic carboxylic acids is 1. The number of likely N-dealkylation sites (tertiary alicyclic amines) is 2. The Labute approximate surface area is 135 Å². The molecule has 4 rings (SSSR count). The molecule has 2 atom stereocenters. The zero-order valence-corrected chi connectivity index (χ0v) is 13.6. The van der Waals surface area contributed by atoms with E-state index in [1.807, 2.05) is 0 Å². The first-order valence-electron chi connectivity index (χ1n) is 8.56. The van der Waals surface area contributed by atoms with E-state index in [0.717, 1.165) is 13.1 Å². The fourth-order valence-electron chi connectivity index (χ4n) is 4.78. The summed E-state index contributed by atoms with van der Waals surface area (Å²) >= 11 is 0. The molecule has 1 saturated carbocycles. The van der Waals surface area contributed by atoms with Crippen molar-refractivity contribution in [3.05, 3.63) is 11.7 Å². The molecule has 2 aliphatic heterocycles. The van der Waals surface area contributed by atoms with E-state index in [2.05, 4.69) is 19.9 Å². The van der Waals surface area contributed by atoms with Crippen LogP contribution < -0.4 is 0 Å². The molecule has 7 nitrogen and oxygen atoms in total. The summed E-state index contributed by atoms with van der Waals surface area (Å²) in [6, 6.07) is 0.602. The minimum Gasteiger partial charge on any atom is -0.481 e. The molecule has 0 spiro atoms. The van der Waals surface area contributed by atoms with Crippen molar-refractivity contribution >= 4 is 5.97 Å². The van der Waals surface area contributed by atoms with Gasteiger partial charge in [0.25, 0.3) is 0 Å². The molecule has 1 N–H and O–H groups in total. The van der Waals surface area contributed by atoms with Crippen molar-refractivity contribution in [2.45, 2.75) is 45.2 Å². The second-order valence-electron chi connectivity index (χ2n) is 7.43. The molecule has 3 aliphatic rings. The average molecular weight is 320 g/mol. The second-order valence-corrected chi connectivity index (χ2v) is 7.43. The third-order valence-corrected chi connectivity index (χ3v) is 5.91. The van der Waals surface area contributed by atoms with Crippen LogP contribution in [0.15, 0.2) is 4.52 Å². The summed E-state index contributed by atoms with van der Waals surface area (Å²) < 4.78 is 5.01. The van der Waals surface area contributed by atoms with E-state index in [1.54, 1.807) is 6.92 Å². The molecule has 3 heterocycles. The molecule has 23 heavy (non-hydrogen) atoms. The summed E-state index contributed by atoms with van der Waals surface area (Å²) in [6.45, 7) is 5.35. The maximum absolute atomic E-state index is 12.1. The fraction of sp³-hybridized carbons (Fsp3) is 0.812. The molecule has 3 fully saturated rings. The van der Waals surface area contributed by atoms with Crippen LogP contribution in [0, 0.1) is 18.3 Å². The summed E-state index contributed by atoms with van der Waals surface area (Å²) in [5.74, 6) is 0.763. The van der Waals surface area contributed by atoms with Gasteiger partial charge in [0.15, 0.2) is 5.82 Å². The maximum Gasteiger partial charge on any atom is 0.312 e. The molecular formula is C16H24N4O3. The first-order valence-corrected chi connectivity index (χ1v) is 8.56. The van der Waals surface area contributed by atoms with Crippen LogP contribution in [0.5, 0.6) is 0 Å². The summed E-state index contributed by atoms with van der Waals surface area (Å²) in [6.07, 6.45) is 5.03. The fourth-order valence-corrected chi connectivity index (χ4v) is 4.78. The van der Waals surface area contributed by atoms with Gasteiger partial charge in [-0.1, -0.05) is 18.0 Å². The van der Waals surface area contributed by atoms with E-state index >= 15 is 0 Å². The lowest BCUT2D eigenvalue weighted by Gasteiger charge is -2.28. The molecule has 1 aromatic heterocycles. The van der Waals surface area contributed by atoms with Gasteiger partial charge in [-0.15, -0.1) is 0 Å². The van der Waals surface area contributed by atoms with Crippen LogP contribution in [0.3, 0.4) is 0 Å². The Hall–Kier alpha value is -1.47. The zero-order valence-electron chi connectivity index (χ0n) is 13.6. The predicted molar refractivity (Wildman–Crippen MR) is 81.7 cm³/mol. The van der Waals surface area contributed by atoms with Gasteiger partial charge in [-0.3, -0.25) is 14.6 Å². The summed E-state index contributed by atoms with van der Waals surface area (Å²) in [7, 11) is 0. The molecule has 0 amide bonds. The molecule has 0 radical (unpaired) electrons. The summed E-state index contributed by atoms with van der Waals surface area (Å²) in [4.78, 5) is 20.9. The van der Waals surface area contributed by atoms with Gasteiger partial charge in [0.05, 0.1) is 12.0 Å². The quantitative estimate of drug-likeness (QED) is 0.890. The van der Waals surface area contributed by atoms with Crippen molar-refractivity contribution < 1.29 is 14.4 Å². The van der Waals surface area contributed by atoms with Crippen LogP contribution in [0.1, 0.15) is 37.4 Å². The van der Waals surface area contributed by atoms with Gasteiger partial charge in [-0.2, -0.15) is 4.98 Å². The van der Waals surface area contributed by atoms with E-state index in [9.17, 15) is 9.90 Å². The molecule has 126 valence electrons. The highest BCUT2D eigenvalue weighted by atomic mass is 16.5. The molecule has 0 aromatic carbocycles. The Balaban J connectivity index is 1.47. The highest BCUT2D eigenvalue weighted by Gasteiger charge is 2.58. The Morgan fingerprint density at radius 2 is 2.13 bits per heavy atom. The number of fused-ring (bicyclic) bond motifs is 1. The van der Waals surface area contributed by atoms with Gasteiger partial charge in [-0.25, -0.2) is 0 Å². The molecule has 1 aromatic rings. The van der Waals surface area contributed by atoms with Crippen LogP contribution in [-0.2, 0) is 11.3 Å². The highest BCUT2D eigenvalue weighted by Crippen LogP contribution is 2.45. The van der Waals surface area contributed by atoms with E-state index in [1.165, 1.54) is 25.7 Å². The lowest BCUT2D eigenvalue weighted by Crippen LogP contribution is -2.42. The molecule has 0 bridgehead atoms. The van der Waals surface area contributed by atoms with Crippen molar-refractivity contribution in [1.29, 1.82) is 0 Å². The van der Waals surface area contributed by atoms with Crippen LogP contribution in [0.25, 0.3) is 0 Å². The van der Waals surface area contributed by atoms with Crippen molar-refractivity contribution in [3.8, 4) is 0 Å². The number of hydrogen-bond acceptors (Lipinski definition) is 6. The molecule has 7 heteroatoms. The van der Waals surface area contributed by atoms with Gasteiger partial charge in [-0.05, 0) is 12.8 Å². The number of carboxylic acid groups (broad SMARTS) is 1. The minimum absolute atomic E-state index is 0.202. The van der Waals surface area contributed by atoms with E-state index < -0.39 is 11.4 Å². The van der Waals surface area contributed by atoms with E-state index in [4.69, 9.17) is 4.52 Å². The van der Waals surface area contributed by atoms with Crippen molar-refractivity contribution in [3.63, 3.8) is 0 Å². The third-order valence-electron chi connectivity index (χ3n) is 5.91. The standard InChI is InChI=1S/C16H24N4O3/c1-11-17-14(18-23-11)8-19-6-12-7-20(13-4-2-3-5-13)10-16(12,9-19)15(21)22/h12-13H,2-10H2,1H3,(H,21,22)/t12-,16-/m0/s1. The second kappa shape index (κ2) is 5.56. The van der Waals surface area contributed by atoms with E-state index in [0.29, 0.717) is 37.4 Å². The number of rotatable bonds is 4. The average Bonchev–Trinajstić information content (AvgIpc) is 3.21. The lowest BCUT2D eigenvalue weighted by molar-refractivity contribution is -0.149. The molecule has 0 unspecified atom stereocenters. The Kier molecular flexibility index (Phi) is 3.65. The summed E-state index contributed by atoms with van der Waals surface area (Å²) in [5, 5.41) is 13.9. The van der Waals surface area contributed by atoms with Gasteiger partial charge >= 0.3 is 5.97 Å². The Morgan fingerprint density at radius 3 is 2.74 bits per heavy atom. The number of nitrogens with zero attached hydrogens (tertiary/aromatic N) is 4. The largest absolute Gasteiger partial charge is 0.481 e. The first-order chi connectivity index (χ1) is 11.1. The highest BCUT2D eigenvalue weighted by molar-refractivity contribution is 5.77. The number of carbonyl (C=O) groups is 1. The zero-order chi connectivity index (χ0) is 16.0. The monoisotopic (exact) mass is 320 g/mol. The van der Waals surface area contributed by atoms with Gasteiger partial charge in [0.2, 0.25) is 5.89 Å². The predicted octanol–water partition coefficient (Wildman–Crippen LogP) is 1.14. The van der Waals surface area contributed by atoms with Crippen LogP contribution in [0.4, 0.5) is 0 Å². The minimum atomic E-state index is -0.644. The third kappa shape index (κ3) is 2.55. The smallest absolute Gasteiger partial charge is 0.312 e. The van der Waals surface area contributed by atoms with E-state index in [-0.39, 0.29) is 5.92 Å². The first kappa shape index (κ1) is 15.1. The normalized spacial score (nSPS) is 32.7. The number of aryl methyl sites for hydroxylation is 1. The lowest BCUT2D eigenvalue weighted by atomic mass is 9.81. The number of aromatic nitrogens is 2.